The highest BCUT2D eigenvalue weighted by Gasteiger charge is 2.36. The van der Waals surface area contributed by atoms with Gasteiger partial charge in [-0.25, -0.2) is 0 Å². The summed E-state index contributed by atoms with van der Waals surface area (Å²) in [7, 11) is 0. The fourth-order valence-electron chi connectivity index (χ4n) is 2.93. The first-order chi connectivity index (χ1) is 8.72. The van der Waals surface area contributed by atoms with Crippen molar-refractivity contribution in [1.82, 2.24) is 5.32 Å². The lowest BCUT2D eigenvalue weighted by Crippen LogP contribution is -2.52. The van der Waals surface area contributed by atoms with Crippen LogP contribution in [0.4, 0.5) is 5.69 Å². The molecule has 3 nitrogen and oxygen atoms in total. The van der Waals surface area contributed by atoms with Crippen molar-refractivity contribution in [3.05, 3.63) is 29.3 Å². The van der Waals surface area contributed by atoms with Gasteiger partial charge < -0.3 is 10.6 Å². The van der Waals surface area contributed by atoms with Crippen molar-refractivity contribution in [1.29, 1.82) is 0 Å². The zero-order valence-corrected chi connectivity index (χ0v) is 10.9. The van der Waals surface area contributed by atoms with E-state index in [1.54, 1.807) is 0 Å². The molecule has 3 heteroatoms. The molecule has 2 N–H and O–H groups in total. The van der Waals surface area contributed by atoms with Gasteiger partial charge >= 0.3 is 0 Å². The average Bonchev–Trinajstić information content (AvgIpc) is 2.80. The topological polar surface area (TPSA) is 41.1 Å². The molecule has 1 aromatic carbocycles. The molecule has 1 aromatic rings. The molecule has 18 heavy (non-hydrogen) atoms. The number of benzene rings is 1. The number of hydrogen-bond acceptors (Lipinski definition) is 2. The van der Waals surface area contributed by atoms with E-state index in [-0.39, 0.29) is 11.4 Å². The highest BCUT2D eigenvalue weighted by Crippen LogP contribution is 2.35. The Kier molecular flexibility index (Phi) is 2.77. The minimum Gasteiger partial charge on any atom is -0.384 e. The summed E-state index contributed by atoms with van der Waals surface area (Å²) in [4.78, 5) is 12.3. The van der Waals surface area contributed by atoms with E-state index in [2.05, 4.69) is 17.6 Å². The van der Waals surface area contributed by atoms with Crippen molar-refractivity contribution in [3.8, 4) is 0 Å². The van der Waals surface area contributed by atoms with Crippen molar-refractivity contribution in [3.63, 3.8) is 0 Å². The summed E-state index contributed by atoms with van der Waals surface area (Å²) < 4.78 is 0. The summed E-state index contributed by atoms with van der Waals surface area (Å²) in [6, 6.07) is 5.98. The third-order valence-corrected chi connectivity index (χ3v) is 4.44. The Morgan fingerprint density at radius 3 is 2.94 bits per heavy atom. The lowest BCUT2D eigenvalue weighted by atomic mass is 9.74. The number of hydrogen-bond donors (Lipinski definition) is 2. The van der Waals surface area contributed by atoms with E-state index in [0.717, 1.165) is 37.8 Å². The molecule has 96 valence electrons. The molecule has 0 spiro atoms. The summed E-state index contributed by atoms with van der Waals surface area (Å²) >= 11 is 0. The molecule has 0 aromatic heterocycles. The van der Waals surface area contributed by atoms with Crippen molar-refractivity contribution in [2.24, 2.45) is 0 Å². The number of rotatable bonds is 3. The summed E-state index contributed by atoms with van der Waals surface area (Å²) in [5.74, 6) is 0.0891. The number of anilines is 1. The van der Waals surface area contributed by atoms with Gasteiger partial charge in [-0.05, 0) is 55.9 Å². The smallest absolute Gasteiger partial charge is 0.251 e. The fourth-order valence-corrected chi connectivity index (χ4v) is 2.93. The van der Waals surface area contributed by atoms with Crippen molar-refractivity contribution in [2.45, 2.75) is 44.6 Å². The molecular weight excluding hydrogens is 224 g/mol. The number of carbonyl (C=O) groups is 1. The van der Waals surface area contributed by atoms with Gasteiger partial charge in [0.05, 0.1) is 0 Å². The van der Waals surface area contributed by atoms with E-state index < -0.39 is 0 Å². The van der Waals surface area contributed by atoms with Gasteiger partial charge in [0.2, 0.25) is 0 Å². The Morgan fingerprint density at radius 1 is 1.44 bits per heavy atom. The third-order valence-electron chi connectivity index (χ3n) is 4.44. The van der Waals surface area contributed by atoms with Crippen LogP contribution in [0.3, 0.4) is 0 Å². The number of fused-ring (bicyclic) bond motifs is 1. The van der Waals surface area contributed by atoms with Gasteiger partial charge in [0.25, 0.3) is 5.91 Å². The SMILES string of the molecule is CCC1(NC(=O)c2ccc3c(c2)CCN3)CCC1. The maximum atomic E-state index is 12.3. The first-order valence-electron chi connectivity index (χ1n) is 6.92. The second-order valence-corrected chi connectivity index (χ2v) is 5.49. The molecule has 1 aliphatic carbocycles. The van der Waals surface area contributed by atoms with Crippen LogP contribution in [0.5, 0.6) is 0 Å². The van der Waals surface area contributed by atoms with Gasteiger partial charge in [0.1, 0.15) is 0 Å². The van der Waals surface area contributed by atoms with E-state index in [4.69, 9.17) is 0 Å². The van der Waals surface area contributed by atoms with E-state index in [1.807, 2.05) is 18.2 Å². The van der Waals surface area contributed by atoms with Gasteiger partial charge in [-0.2, -0.15) is 0 Å². The monoisotopic (exact) mass is 244 g/mol. The standard InChI is InChI=1S/C15H20N2O/c1-2-15(7-3-8-15)17-14(18)12-4-5-13-11(10-12)6-9-16-13/h4-5,10,16H,2-3,6-9H2,1H3,(H,17,18). The Labute approximate surface area is 108 Å². The molecule has 1 amide bonds. The largest absolute Gasteiger partial charge is 0.384 e. The Bertz CT molecular complexity index is 472. The molecule has 0 unspecified atom stereocenters. The van der Waals surface area contributed by atoms with Crippen LogP contribution in [0.1, 0.15) is 48.5 Å². The highest BCUT2D eigenvalue weighted by atomic mass is 16.1. The predicted octanol–water partition coefficient (Wildman–Crippen LogP) is 2.72. The van der Waals surface area contributed by atoms with Crippen LogP contribution < -0.4 is 10.6 Å². The summed E-state index contributed by atoms with van der Waals surface area (Å²) in [6.07, 6.45) is 5.55. The minimum absolute atomic E-state index is 0.0777. The van der Waals surface area contributed by atoms with Gasteiger partial charge in [-0.1, -0.05) is 6.92 Å². The van der Waals surface area contributed by atoms with Crippen LogP contribution in [-0.4, -0.2) is 18.0 Å². The lowest BCUT2D eigenvalue weighted by Gasteiger charge is -2.42. The minimum atomic E-state index is 0.0777. The quantitative estimate of drug-likeness (QED) is 0.858. The number of nitrogens with one attached hydrogen (secondary N) is 2. The second kappa shape index (κ2) is 4.30. The normalized spacial score (nSPS) is 19.6. The van der Waals surface area contributed by atoms with Crippen LogP contribution in [0.2, 0.25) is 0 Å². The fraction of sp³-hybridized carbons (Fsp3) is 0.533. The van der Waals surface area contributed by atoms with E-state index >= 15 is 0 Å². The molecule has 2 aliphatic rings. The van der Waals surface area contributed by atoms with Crippen LogP contribution in [0.15, 0.2) is 18.2 Å². The molecular formula is C15H20N2O. The first kappa shape index (κ1) is 11.6. The van der Waals surface area contributed by atoms with Crippen LogP contribution in [-0.2, 0) is 6.42 Å². The van der Waals surface area contributed by atoms with Gasteiger partial charge in [-0.3, -0.25) is 4.79 Å². The molecule has 0 bridgehead atoms. The Balaban J connectivity index is 1.76. The molecule has 3 rings (SSSR count). The van der Waals surface area contributed by atoms with Crippen LogP contribution >= 0.6 is 0 Å². The van der Waals surface area contributed by atoms with Crippen molar-refractivity contribution in [2.75, 3.05) is 11.9 Å². The molecule has 0 saturated heterocycles. The number of carbonyl (C=O) groups excluding carboxylic acids is 1. The molecule has 0 radical (unpaired) electrons. The maximum absolute atomic E-state index is 12.3. The summed E-state index contributed by atoms with van der Waals surface area (Å²) in [5, 5.41) is 6.54. The Hall–Kier alpha value is -1.51. The Morgan fingerprint density at radius 2 is 2.28 bits per heavy atom. The first-order valence-corrected chi connectivity index (χ1v) is 6.92. The van der Waals surface area contributed by atoms with Gasteiger partial charge in [-0.15, -0.1) is 0 Å². The van der Waals surface area contributed by atoms with E-state index in [9.17, 15) is 4.79 Å². The zero-order chi connectivity index (χ0) is 12.6. The van der Waals surface area contributed by atoms with Gasteiger partial charge in [0.15, 0.2) is 0 Å². The zero-order valence-electron chi connectivity index (χ0n) is 10.9. The summed E-state index contributed by atoms with van der Waals surface area (Å²) in [6.45, 7) is 3.14. The van der Waals surface area contributed by atoms with Crippen LogP contribution in [0, 0.1) is 0 Å². The summed E-state index contributed by atoms with van der Waals surface area (Å²) in [5.41, 5.74) is 3.33. The second-order valence-electron chi connectivity index (χ2n) is 5.49. The number of amides is 1. The molecule has 0 atom stereocenters. The third kappa shape index (κ3) is 1.88. The van der Waals surface area contributed by atoms with E-state index in [0.29, 0.717) is 0 Å². The van der Waals surface area contributed by atoms with Crippen LogP contribution in [0.25, 0.3) is 0 Å². The van der Waals surface area contributed by atoms with Crippen molar-refractivity contribution < 1.29 is 4.79 Å². The predicted molar refractivity (Wildman–Crippen MR) is 73.0 cm³/mol. The maximum Gasteiger partial charge on any atom is 0.251 e. The molecule has 1 saturated carbocycles. The lowest BCUT2D eigenvalue weighted by molar-refractivity contribution is 0.0820. The molecule has 1 heterocycles. The van der Waals surface area contributed by atoms with Crippen molar-refractivity contribution >= 4 is 11.6 Å². The molecule has 1 fully saturated rings. The van der Waals surface area contributed by atoms with E-state index in [1.165, 1.54) is 17.7 Å². The highest BCUT2D eigenvalue weighted by molar-refractivity contribution is 5.95. The average molecular weight is 244 g/mol. The van der Waals surface area contributed by atoms with Gasteiger partial charge in [0, 0.05) is 23.3 Å². The molecule has 1 aliphatic heterocycles.